The highest BCUT2D eigenvalue weighted by Gasteiger charge is 2.48. The SMILES string of the molecule is O=C(O)C1CC1C(=O)NCCc1ccccc1[N+](=O)[O-]. The zero-order valence-corrected chi connectivity index (χ0v) is 10.6. The summed E-state index contributed by atoms with van der Waals surface area (Å²) in [5.41, 5.74) is 0.569. The number of carboxylic acids is 1. The topological polar surface area (TPSA) is 110 Å². The lowest BCUT2D eigenvalue weighted by Gasteiger charge is -2.05. The molecular formula is C13H14N2O5. The number of nitro groups is 1. The maximum Gasteiger partial charge on any atom is 0.307 e. The zero-order chi connectivity index (χ0) is 14.7. The van der Waals surface area contributed by atoms with Gasteiger partial charge >= 0.3 is 5.97 Å². The number of carbonyl (C=O) groups excluding carboxylic acids is 1. The first-order chi connectivity index (χ1) is 9.50. The molecule has 1 saturated carbocycles. The summed E-state index contributed by atoms with van der Waals surface area (Å²) in [4.78, 5) is 32.6. The molecule has 0 bridgehead atoms. The van der Waals surface area contributed by atoms with E-state index in [1.54, 1.807) is 18.2 Å². The predicted octanol–water partition coefficient (Wildman–Crippen LogP) is 0.974. The molecule has 2 N–H and O–H groups in total. The average molecular weight is 278 g/mol. The van der Waals surface area contributed by atoms with E-state index in [9.17, 15) is 19.7 Å². The largest absolute Gasteiger partial charge is 0.481 e. The van der Waals surface area contributed by atoms with Gasteiger partial charge in [0.2, 0.25) is 5.91 Å². The molecule has 20 heavy (non-hydrogen) atoms. The molecule has 106 valence electrons. The number of benzene rings is 1. The highest BCUT2D eigenvalue weighted by Crippen LogP contribution is 2.38. The van der Waals surface area contributed by atoms with Crippen molar-refractivity contribution in [2.75, 3.05) is 6.54 Å². The van der Waals surface area contributed by atoms with E-state index in [2.05, 4.69) is 5.32 Å². The molecule has 0 heterocycles. The molecule has 1 aliphatic carbocycles. The average Bonchev–Trinajstić information content (AvgIpc) is 3.19. The third-order valence-electron chi connectivity index (χ3n) is 3.33. The molecule has 0 spiro atoms. The van der Waals surface area contributed by atoms with E-state index in [0.717, 1.165) is 0 Å². The van der Waals surface area contributed by atoms with Crippen LogP contribution >= 0.6 is 0 Å². The quantitative estimate of drug-likeness (QED) is 0.595. The normalized spacial score (nSPS) is 20.2. The number of nitro benzene ring substituents is 1. The fourth-order valence-electron chi connectivity index (χ4n) is 2.11. The summed E-state index contributed by atoms with van der Waals surface area (Å²) in [7, 11) is 0. The van der Waals surface area contributed by atoms with E-state index >= 15 is 0 Å². The lowest BCUT2D eigenvalue weighted by molar-refractivity contribution is -0.385. The molecule has 1 amide bonds. The van der Waals surface area contributed by atoms with E-state index in [-0.39, 0.29) is 18.1 Å². The van der Waals surface area contributed by atoms with Gasteiger partial charge in [0.15, 0.2) is 0 Å². The van der Waals surface area contributed by atoms with E-state index in [0.29, 0.717) is 18.4 Å². The summed E-state index contributed by atoms with van der Waals surface area (Å²) in [6.07, 6.45) is 0.708. The summed E-state index contributed by atoms with van der Waals surface area (Å²) in [5.74, 6) is -2.29. The van der Waals surface area contributed by atoms with Crippen molar-refractivity contribution in [3.8, 4) is 0 Å². The van der Waals surface area contributed by atoms with Gasteiger partial charge in [-0.2, -0.15) is 0 Å². The van der Waals surface area contributed by atoms with E-state index in [1.165, 1.54) is 6.07 Å². The molecule has 0 aromatic heterocycles. The van der Waals surface area contributed by atoms with Crippen molar-refractivity contribution in [1.29, 1.82) is 0 Å². The fraction of sp³-hybridized carbons (Fsp3) is 0.385. The number of nitrogens with one attached hydrogen (secondary N) is 1. The summed E-state index contributed by atoms with van der Waals surface area (Å²) in [6, 6.07) is 6.34. The van der Waals surface area contributed by atoms with Crippen LogP contribution in [0.3, 0.4) is 0 Å². The molecule has 7 nitrogen and oxygen atoms in total. The van der Waals surface area contributed by atoms with Crippen LogP contribution in [0.15, 0.2) is 24.3 Å². The number of hydrogen-bond acceptors (Lipinski definition) is 4. The molecule has 0 aliphatic heterocycles. The van der Waals surface area contributed by atoms with Crippen molar-refractivity contribution in [2.24, 2.45) is 11.8 Å². The molecule has 1 aromatic carbocycles. The van der Waals surface area contributed by atoms with Gasteiger partial charge in [-0.05, 0) is 12.8 Å². The number of hydrogen-bond donors (Lipinski definition) is 2. The molecule has 1 aromatic rings. The van der Waals surface area contributed by atoms with Crippen LogP contribution in [-0.4, -0.2) is 28.5 Å². The van der Waals surface area contributed by atoms with Crippen LogP contribution in [0.2, 0.25) is 0 Å². The minimum Gasteiger partial charge on any atom is -0.481 e. The summed E-state index contributed by atoms with van der Waals surface area (Å²) < 4.78 is 0. The second kappa shape index (κ2) is 5.68. The molecule has 1 fully saturated rings. The molecule has 0 radical (unpaired) electrons. The highest BCUT2D eigenvalue weighted by molar-refractivity contribution is 5.89. The highest BCUT2D eigenvalue weighted by atomic mass is 16.6. The summed E-state index contributed by atoms with van der Waals surface area (Å²) in [6.45, 7) is 0.256. The van der Waals surface area contributed by atoms with E-state index in [1.807, 2.05) is 0 Å². The maximum atomic E-state index is 11.6. The number of para-hydroxylation sites is 1. The Bertz CT molecular complexity index is 557. The van der Waals surface area contributed by atoms with Crippen LogP contribution in [0.5, 0.6) is 0 Å². The van der Waals surface area contributed by atoms with Gasteiger partial charge in [0.1, 0.15) is 0 Å². The smallest absolute Gasteiger partial charge is 0.307 e. The molecule has 2 rings (SSSR count). The standard InChI is InChI=1S/C13H14N2O5/c16-12(9-7-10(9)13(17)18)14-6-5-8-3-1-2-4-11(8)15(19)20/h1-4,9-10H,5-7H2,(H,14,16)(H,17,18). The van der Waals surface area contributed by atoms with Gasteiger partial charge in [-0.15, -0.1) is 0 Å². The van der Waals surface area contributed by atoms with Gasteiger partial charge in [-0.3, -0.25) is 19.7 Å². The maximum absolute atomic E-state index is 11.6. The summed E-state index contributed by atoms with van der Waals surface area (Å²) >= 11 is 0. The Morgan fingerprint density at radius 1 is 1.35 bits per heavy atom. The molecule has 0 saturated heterocycles. The van der Waals surface area contributed by atoms with Crippen molar-refractivity contribution in [3.05, 3.63) is 39.9 Å². The minimum atomic E-state index is -0.955. The van der Waals surface area contributed by atoms with Crippen molar-refractivity contribution in [3.63, 3.8) is 0 Å². The van der Waals surface area contributed by atoms with Crippen molar-refractivity contribution in [1.82, 2.24) is 5.32 Å². The summed E-state index contributed by atoms with van der Waals surface area (Å²) in [5, 5.41) is 22.1. The Morgan fingerprint density at radius 3 is 2.65 bits per heavy atom. The van der Waals surface area contributed by atoms with Crippen molar-refractivity contribution < 1.29 is 19.6 Å². The number of aliphatic carboxylic acids is 1. The fourth-order valence-corrected chi connectivity index (χ4v) is 2.11. The Balaban J connectivity index is 1.84. The molecule has 2 unspecified atom stereocenters. The van der Waals surface area contributed by atoms with Gasteiger partial charge < -0.3 is 10.4 Å². The number of amides is 1. The second-order valence-corrected chi connectivity index (χ2v) is 4.71. The predicted molar refractivity (Wildman–Crippen MR) is 69.0 cm³/mol. The third-order valence-corrected chi connectivity index (χ3v) is 3.33. The Kier molecular flexibility index (Phi) is 3.97. The third kappa shape index (κ3) is 3.11. The second-order valence-electron chi connectivity index (χ2n) is 4.71. The molecule has 7 heteroatoms. The zero-order valence-electron chi connectivity index (χ0n) is 10.6. The van der Waals surface area contributed by atoms with E-state index in [4.69, 9.17) is 5.11 Å². The van der Waals surface area contributed by atoms with Crippen LogP contribution in [0.25, 0.3) is 0 Å². The van der Waals surface area contributed by atoms with Gasteiger partial charge in [0, 0.05) is 18.2 Å². The monoisotopic (exact) mass is 278 g/mol. The molecule has 2 atom stereocenters. The first-order valence-electron chi connectivity index (χ1n) is 6.23. The van der Waals surface area contributed by atoms with E-state index < -0.39 is 22.7 Å². The minimum absolute atomic E-state index is 0.0246. The van der Waals surface area contributed by atoms with Crippen LogP contribution in [-0.2, 0) is 16.0 Å². The Hall–Kier alpha value is -2.44. The van der Waals surface area contributed by atoms with Crippen molar-refractivity contribution >= 4 is 17.6 Å². The van der Waals surface area contributed by atoms with Crippen LogP contribution in [0, 0.1) is 22.0 Å². The van der Waals surface area contributed by atoms with Gasteiger partial charge in [-0.1, -0.05) is 18.2 Å². The Labute approximate surface area is 114 Å². The van der Waals surface area contributed by atoms with Gasteiger partial charge in [0.25, 0.3) is 5.69 Å². The lowest BCUT2D eigenvalue weighted by atomic mass is 10.1. The van der Waals surface area contributed by atoms with Crippen LogP contribution in [0.1, 0.15) is 12.0 Å². The van der Waals surface area contributed by atoms with Gasteiger partial charge in [0.05, 0.1) is 16.8 Å². The molecular weight excluding hydrogens is 264 g/mol. The van der Waals surface area contributed by atoms with Crippen molar-refractivity contribution in [2.45, 2.75) is 12.8 Å². The first-order valence-corrected chi connectivity index (χ1v) is 6.23. The molecule has 1 aliphatic rings. The van der Waals surface area contributed by atoms with Gasteiger partial charge in [-0.25, -0.2) is 0 Å². The lowest BCUT2D eigenvalue weighted by Crippen LogP contribution is -2.28. The number of rotatable bonds is 6. The Morgan fingerprint density at radius 2 is 2.05 bits per heavy atom. The number of carbonyl (C=O) groups is 2. The number of carboxylic acid groups (broad SMARTS) is 1. The first kappa shape index (κ1) is 14.0. The van der Waals surface area contributed by atoms with Crippen LogP contribution in [0.4, 0.5) is 5.69 Å². The number of nitrogens with zero attached hydrogens (tertiary/aromatic N) is 1. The van der Waals surface area contributed by atoms with Crippen LogP contribution < -0.4 is 5.32 Å².